The van der Waals surface area contributed by atoms with E-state index in [-0.39, 0.29) is 0 Å². The van der Waals surface area contributed by atoms with Gasteiger partial charge in [-0.05, 0) is 51.8 Å². The Bertz CT molecular complexity index is 577. The van der Waals surface area contributed by atoms with Gasteiger partial charge in [0.15, 0.2) is 0 Å². The van der Waals surface area contributed by atoms with Crippen LogP contribution in [-0.2, 0) is 6.42 Å². The molecule has 2 unspecified atom stereocenters. The molecule has 1 N–H and O–H groups in total. The molecule has 21 heavy (non-hydrogen) atoms. The first kappa shape index (κ1) is 16.0. The van der Waals surface area contributed by atoms with Gasteiger partial charge in [-0.15, -0.1) is 11.3 Å². The molecule has 3 nitrogen and oxygen atoms in total. The van der Waals surface area contributed by atoms with Crippen LogP contribution in [0.3, 0.4) is 0 Å². The molecule has 0 spiro atoms. The highest BCUT2D eigenvalue weighted by molar-refractivity contribution is 7.11. The highest BCUT2D eigenvalue weighted by Gasteiger charge is 2.15. The summed E-state index contributed by atoms with van der Waals surface area (Å²) in [4.78, 5) is 5.85. The summed E-state index contributed by atoms with van der Waals surface area (Å²) in [5.74, 6) is 0.906. The van der Waals surface area contributed by atoms with Crippen molar-refractivity contribution in [2.45, 2.75) is 46.2 Å². The van der Waals surface area contributed by atoms with Gasteiger partial charge in [-0.25, -0.2) is 4.98 Å². The summed E-state index contributed by atoms with van der Waals surface area (Å²) in [6.07, 6.45) is 1.01. The molecule has 0 fully saturated rings. The molecule has 0 radical (unpaired) electrons. The molecule has 0 aliphatic heterocycles. The van der Waals surface area contributed by atoms with Crippen LogP contribution < -0.4 is 10.1 Å². The lowest BCUT2D eigenvalue weighted by Gasteiger charge is -2.19. The Morgan fingerprint density at radius 3 is 2.38 bits per heavy atom. The lowest BCUT2D eigenvalue weighted by molar-refractivity contribution is 0.414. The highest BCUT2D eigenvalue weighted by atomic mass is 32.1. The first-order chi connectivity index (χ1) is 9.99. The number of aryl methyl sites for hydroxylation is 2. The molecule has 4 heteroatoms. The zero-order valence-electron chi connectivity index (χ0n) is 13.4. The van der Waals surface area contributed by atoms with Crippen molar-refractivity contribution >= 4 is 11.3 Å². The van der Waals surface area contributed by atoms with Crippen LogP contribution in [0.25, 0.3) is 0 Å². The van der Waals surface area contributed by atoms with Crippen LogP contribution >= 0.6 is 11.3 Å². The van der Waals surface area contributed by atoms with Gasteiger partial charge in [-0.2, -0.15) is 0 Å². The molecule has 2 rings (SSSR count). The second kappa shape index (κ2) is 7.05. The molecular formula is C17H24N2OS. The fraction of sp³-hybridized carbons (Fsp3) is 0.471. The van der Waals surface area contributed by atoms with Crippen molar-refractivity contribution in [2.24, 2.45) is 0 Å². The van der Waals surface area contributed by atoms with Crippen LogP contribution in [0.5, 0.6) is 5.75 Å². The van der Waals surface area contributed by atoms with Gasteiger partial charge in [-0.3, -0.25) is 0 Å². The van der Waals surface area contributed by atoms with Crippen LogP contribution in [0.1, 0.15) is 41.0 Å². The molecule has 1 aromatic heterocycles. The Labute approximate surface area is 131 Å². The molecule has 0 saturated heterocycles. The highest BCUT2D eigenvalue weighted by Crippen LogP contribution is 2.25. The lowest BCUT2D eigenvalue weighted by atomic mass is 10.1. The summed E-state index contributed by atoms with van der Waals surface area (Å²) in [5, 5.41) is 4.80. The van der Waals surface area contributed by atoms with Crippen molar-refractivity contribution in [1.82, 2.24) is 10.3 Å². The van der Waals surface area contributed by atoms with Gasteiger partial charge in [0.25, 0.3) is 0 Å². The Balaban J connectivity index is 1.94. The van der Waals surface area contributed by atoms with Gasteiger partial charge in [0, 0.05) is 17.0 Å². The summed E-state index contributed by atoms with van der Waals surface area (Å²) >= 11 is 1.79. The number of hydrogen-bond acceptors (Lipinski definition) is 4. The number of thiazole rings is 1. The third-order valence-electron chi connectivity index (χ3n) is 3.57. The van der Waals surface area contributed by atoms with Crippen molar-refractivity contribution in [2.75, 3.05) is 7.11 Å². The molecule has 0 aliphatic carbocycles. The molecule has 114 valence electrons. The predicted molar refractivity (Wildman–Crippen MR) is 89.3 cm³/mol. The van der Waals surface area contributed by atoms with Crippen LogP contribution in [0.2, 0.25) is 0 Å². The van der Waals surface area contributed by atoms with Crippen molar-refractivity contribution in [1.29, 1.82) is 0 Å². The van der Waals surface area contributed by atoms with E-state index in [2.05, 4.69) is 50.1 Å². The number of nitrogens with one attached hydrogen (secondary N) is 1. The third kappa shape index (κ3) is 4.29. The van der Waals surface area contributed by atoms with Crippen molar-refractivity contribution in [3.05, 3.63) is 45.4 Å². The smallest absolute Gasteiger partial charge is 0.118 e. The van der Waals surface area contributed by atoms with E-state index in [1.165, 1.54) is 10.4 Å². The topological polar surface area (TPSA) is 34.1 Å². The quantitative estimate of drug-likeness (QED) is 0.874. The molecule has 0 bridgehead atoms. The maximum absolute atomic E-state index is 5.19. The minimum absolute atomic E-state index is 0.337. The molecule has 1 heterocycles. The second-order valence-corrected chi connectivity index (χ2v) is 6.76. The van der Waals surface area contributed by atoms with E-state index in [9.17, 15) is 0 Å². The van der Waals surface area contributed by atoms with E-state index in [4.69, 9.17) is 4.74 Å². The monoisotopic (exact) mass is 304 g/mol. The van der Waals surface area contributed by atoms with Crippen molar-refractivity contribution in [3.63, 3.8) is 0 Å². The SMILES string of the molecule is COc1ccc(CC(C)NC(C)c2sc(C)nc2C)cc1. The summed E-state index contributed by atoms with van der Waals surface area (Å²) in [5.41, 5.74) is 2.47. The zero-order chi connectivity index (χ0) is 15.4. The van der Waals surface area contributed by atoms with E-state index in [0.29, 0.717) is 12.1 Å². The van der Waals surface area contributed by atoms with E-state index in [1.807, 2.05) is 12.1 Å². The molecule has 0 aliphatic rings. The van der Waals surface area contributed by atoms with E-state index >= 15 is 0 Å². The zero-order valence-corrected chi connectivity index (χ0v) is 14.3. The number of ether oxygens (including phenoxy) is 1. The average Bonchev–Trinajstić information content (AvgIpc) is 2.78. The van der Waals surface area contributed by atoms with E-state index in [0.717, 1.165) is 22.9 Å². The normalized spacial score (nSPS) is 14.0. The Kier molecular flexibility index (Phi) is 5.37. The van der Waals surface area contributed by atoms with E-state index < -0.39 is 0 Å². The van der Waals surface area contributed by atoms with Crippen LogP contribution in [-0.4, -0.2) is 18.1 Å². The maximum Gasteiger partial charge on any atom is 0.118 e. The maximum atomic E-state index is 5.19. The largest absolute Gasteiger partial charge is 0.497 e. The summed E-state index contributed by atoms with van der Waals surface area (Å²) in [6.45, 7) is 8.59. The average molecular weight is 304 g/mol. The Hall–Kier alpha value is -1.39. The van der Waals surface area contributed by atoms with Gasteiger partial charge in [-0.1, -0.05) is 12.1 Å². The number of rotatable bonds is 6. The van der Waals surface area contributed by atoms with Gasteiger partial charge < -0.3 is 10.1 Å². The summed E-state index contributed by atoms with van der Waals surface area (Å²) in [7, 11) is 1.69. The third-order valence-corrected chi connectivity index (χ3v) is 4.82. The van der Waals surface area contributed by atoms with Gasteiger partial charge in [0.2, 0.25) is 0 Å². The standard InChI is InChI=1S/C17H24N2OS/c1-11(10-15-6-8-16(20-5)9-7-15)18-12(2)17-13(3)19-14(4)21-17/h6-9,11-12,18H,10H2,1-5H3. The fourth-order valence-corrected chi connectivity index (χ4v) is 3.56. The number of nitrogens with zero attached hydrogens (tertiary/aromatic N) is 1. The first-order valence-electron chi connectivity index (χ1n) is 7.32. The molecule has 0 amide bonds. The van der Waals surface area contributed by atoms with Gasteiger partial charge in [0.05, 0.1) is 17.8 Å². The lowest BCUT2D eigenvalue weighted by Crippen LogP contribution is -2.30. The predicted octanol–water partition coefficient (Wildman–Crippen LogP) is 4.05. The fourth-order valence-electron chi connectivity index (χ4n) is 2.63. The number of hydrogen-bond donors (Lipinski definition) is 1. The second-order valence-electron chi connectivity index (χ2n) is 5.52. The molecule has 2 aromatic rings. The summed E-state index contributed by atoms with van der Waals surface area (Å²) in [6, 6.07) is 9.04. The minimum Gasteiger partial charge on any atom is -0.497 e. The molecule has 2 atom stereocenters. The van der Waals surface area contributed by atoms with Crippen LogP contribution in [0, 0.1) is 13.8 Å². The first-order valence-corrected chi connectivity index (χ1v) is 8.14. The number of benzene rings is 1. The van der Waals surface area contributed by atoms with Crippen molar-refractivity contribution < 1.29 is 4.74 Å². The van der Waals surface area contributed by atoms with Crippen LogP contribution in [0.15, 0.2) is 24.3 Å². The Morgan fingerprint density at radius 2 is 1.86 bits per heavy atom. The number of aromatic nitrogens is 1. The summed E-state index contributed by atoms with van der Waals surface area (Å²) < 4.78 is 5.19. The molecule has 0 saturated carbocycles. The Morgan fingerprint density at radius 1 is 1.19 bits per heavy atom. The van der Waals surface area contributed by atoms with Gasteiger partial charge in [0.1, 0.15) is 5.75 Å². The molecule has 1 aromatic carbocycles. The number of methoxy groups -OCH3 is 1. The van der Waals surface area contributed by atoms with Crippen molar-refractivity contribution in [3.8, 4) is 5.75 Å². The van der Waals surface area contributed by atoms with Gasteiger partial charge >= 0.3 is 0 Å². The van der Waals surface area contributed by atoms with Crippen LogP contribution in [0.4, 0.5) is 0 Å². The van der Waals surface area contributed by atoms with E-state index in [1.54, 1.807) is 18.4 Å². The molecular weight excluding hydrogens is 280 g/mol. The minimum atomic E-state index is 0.337.